The number of nitrogens with zero attached hydrogens (tertiary/aromatic N) is 1. The molecule has 2 rings (SSSR count). The lowest BCUT2D eigenvalue weighted by atomic mass is 10.0. The van der Waals surface area contributed by atoms with Crippen molar-refractivity contribution in [2.45, 2.75) is 25.8 Å². The summed E-state index contributed by atoms with van der Waals surface area (Å²) in [7, 11) is 1.65. The molecule has 1 atom stereocenters. The molecular weight excluding hydrogens is 230 g/mol. The molecule has 1 fully saturated rings. The van der Waals surface area contributed by atoms with Crippen molar-refractivity contribution >= 4 is 6.09 Å². The monoisotopic (exact) mass is 249 g/mol. The van der Waals surface area contributed by atoms with Crippen LogP contribution in [-0.2, 0) is 4.74 Å². The van der Waals surface area contributed by atoms with Crippen LogP contribution in [0.5, 0.6) is 5.75 Å². The molecule has 98 valence electrons. The maximum Gasteiger partial charge on any atom is 0.410 e. The van der Waals surface area contributed by atoms with Gasteiger partial charge < -0.3 is 14.4 Å². The Morgan fingerprint density at radius 3 is 2.72 bits per heavy atom. The molecule has 18 heavy (non-hydrogen) atoms. The van der Waals surface area contributed by atoms with Crippen LogP contribution in [0.15, 0.2) is 24.3 Å². The van der Waals surface area contributed by atoms with Crippen molar-refractivity contribution in [1.82, 2.24) is 4.90 Å². The fraction of sp³-hybridized carbons (Fsp3) is 0.500. The molecule has 1 heterocycles. The van der Waals surface area contributed by atoms with Crippen LogP contribution in [0.1, 0.15) is 31.4 Å². The lowest BCUT2D eigenvalue weighted by Gasteiger charge is -2.24. The molecule has 0 aliphatic carbocycles. The van der Waals surface area contributed by atoms with E-state index in [0.29, 0.717) is 6.61 Å². The predicted octanol–water partition coefficient (Wildman–Crippen LogP) is 2.99. The Bertz CT molecular complexity index is 402. The van der Waals surface area contributed by atoms with Crippen LogP contribution in [-0.4, -0.2) is 31.3 Å². The molecule has 1 aromatic carbocycles. The zero-order valence-electron chi connectivity index (χ0n) is 10.9. The van der Waals surface area contributed by atoms with Crippen molar-refractivity contribution in [2.75, 3.05) is 20.3 Å². The smallest absolute Gasteiger partial charge is 0.410 e. The molecule has 0 saturated carbocycles. The van der Waals surface area contributed by atoms with Gasteiger partial charge in [0.05, 0.1) is 19.8 Å². The summed E-state index contributed by atoms with van der Waals surface area (Å²) in [5.41, 5.74) is 1.14. The van der Waals surface area contributed by atoms with Gasteiger partial charge in [-0.1, -0.05) is 12.1 Å². The first-order chi connectivity index (χ1) is 8.76. The summed E-state index contributed by atoms with van der Waals surface area (Å²) in [6, 6.07) is 8.02. The first-order valence-corrected chi connectivity index (χ1v) is 6.33. The molecule has 0 bridgehead atoms. The second-order valence-corrected chi connectivity index (χ2v) is 4.32. The van der Waals surface area contributed by atoms with Gasteiger partial charge in [-0.25, -0.2) is 4.79 Å². The first kappa shape index (κ1) is 12.7. The van der Waals surface area contributed by atoms with Gasteiger partial charge in [0.25, 0.3) is 0 Å². The van der Waals surface area contributed by atoms with Crippen LogP contribution in [0, 0.1) is 0 Å². The molecule has 1 aromatic rings. The molecule has 0 spiro atoms. The van der Waals surface area contributed by atoms with E-state index < -0.39 is 0 Å². The number of carbonyl (C=O) groups excluding carboxylic acids is 1. The number of benzene rings is 1. The number of amides is 1. The summed E-state index contributed by atoms with van der Waals surface area (Å²) in [6.45, 7) is 3.02. The number of carbonyl (C=O) groups is 1. The first-order valence-electron chi connectivity index (χ1n) is 6.33. The van der Waals surface area contributed by atoms with Gasteiger partial charge in [0, 0.05) is 6.54 Å². The predicted molar refractivity (Wildman–Crippen MR) is 68.7 cm³/mol. The van der Waals surface area contributed by atoms with Gasteiger partial charge in [0.1, 0.15) is 5.75 Å². The number of likely N-dealkylation sites (tertiary alicyclic amines) is 1. The highest BCUT2D eigenvalue weighted by Gasteiger charge is 2.30. The zero-order valence-corrected chi connectivity index (χ0v) is 10.9. The number of hydrogen-bond donors (Lipinski definition) is 0. The Morgan fingerprint density at radius 2 is 2.11 bits per heavy atom. The Hall–Kier alpha value is -1.71. The lowest BCUT2D eigenvalue weighted by molar-refractivity contribution is 0.103. The van der Waals surface area contributed by atoms with Gasteiger partial charge in [-0.05, 0) is 37.5 Å². The molecule has 1 aliphatic heterocycles. The largest absolute Gasteiger partial charge is 0.497 e. The number of rotatable bonds is 3. The van der Waals surface area contributed by atoms with E-state index in [0.717, 1.165) is 30.7 Å². The average Bonchev–Trinajstić information content (AvgIpc) is 2.88. The van der Waals surface area contributed by atoms with E-state index in [4.69, 9.17) is 9.47 Å². The second-order valence-electron chi connectivity index (χ2n) is 4.32. The minimum Gasteiger partial charge on any atom is -0.497 e. The summed E-state index contributed by atoms with van der Waals surface area (Å²) in [5.74, 6) is 0.833. The van der Waals surface area contributed by atoms with Crippen LogP contribution < -0.4 is 4.74 Å². The molecule has 1 saturated heterocycles. The number of hydrogen-bond acceptors (Lipinski definition) is 3. The van der Waals surface area contributed by atoms with Crippen LogP contribution in [0.2, 0.25) is 0 Å². The van der Waals surface area contributed by atoms with Gasteiger partial charge >= 0.3 is 6.09 Å². The minimum absolute atomic E-state index is 0.134. The molecule has 1 aliphatic rings. The van der Waals surface area contributed by atoms with Gasteiger partial charge in [0.15, 0.2) is 0 Å². The Balaban J connectivity index is 2.12. The standard InChI is InChI=1S/C14H19NO3/c1-3-18-14(16)15-10-4-5-13(15)11-6-8-12(17-2)9-7-11/h6-9,13H,3-5,10H2,1-2H3. The van der Waals surface area contributed by atoms with Crippen molar-refractivity contribution in [3.63, 3.8) is 0 Å². The van der Waals surface area contributed by atoms with E-state index in [1.807, 2.05) is 36.1 Å². The van der Waals surface area contributed by atoms with E-state index in [-0.39, 0.29) is 12.1 Å². The fourth-order valence-corrected chi connectivity index (χ4v) is 2.36. The third-order valence-corrected chi connectivity index (χ3v) is 3.26. The SMILES string of the molecule is CCOC(=O)N1CCCC1c1ccc(OC)cc1. The summed E-state index contributed by atoms with van der Waals surface area (Å²) < 4.78 is 10.2. The van der Waals surface area contributed by atoms with Crippen molar-refractivity contribution in [3.8, 4) is 5.75 Å². The van der Waals surface area contributed by atoms with Gasteiger partial charge in [-0.2, -0.15) is 0 Å². The van der Waals surface area contributed by atoms with E-state index in [9.17, 15) is 4.79 Å². The number of ether oxygens (including phenoxy) is 2. The fourth-order valence-electron chi connectivity index (χ4n) is 2.36. The third kappa shape index (κ3) is 2.58. The van der Waals surface area contributed by atoms with Crippen molar-refractivity contribution in [3.05, 3.63) is 29.8 Å². The second kappa shape index (κ2) is 5.76. The van der Waals surface area contributed by atoms with Crippen LogP contribution in [0.25, 0.3) is 0 Å². The molecule has 0 radical (unpaired) electrons. The quantitative estimate of drug-likeness (QED) is 0.826. The summed E-state index contributed by atoms with van der Waals surface area (Å²) >= 11 is 0. The van der Waals surface area contributed by atoms with Crippen LogP contribution in [0.4, 0.5) is 4.79 Å². The number of methoxy groups -OCH3 is 1. The Kier molecular flexibility index (Phi) is 4.07. The summed E-state index contributed by atoms with van der Waals surface area (Å²) in [4.78, 5) is 13.6. The molecular formula is C14H19NO3. The van der Waals surface area contributed by atoms with E-state index in [1.165, 1.54) is 0 Å². The molecule has 4 nitrogen and oxygen atoms in total. The molecule has 4 heteroatoms. The normalized spacial score (nSPS) is 18.8. The van der Waals surface area contributed by atoms with E-state index in [2.05, 4.69) is 0 Å². The minimum atomic E-state index is -0.212. The molecule has 1 amide bonds. The van der Waals surface area contributed by atoms with E-state index in [1.54, 1.807) is 7.11 Å². The summed E-state index contributed by atoms with van der Waals surface area (Å²) in [5, 5.41) is 0. The highest BCUT2D eigenvalue weighted by molar-refractivity contribution is 5.68. The average molecular weight is 249 g/mol. The Labute approximate surface area is 107 Å². The van der Waals surface area contributed by atoms with E-state index >= 15 is 0 Å². The maximum atomic E-state index is 11.8. The Morgan fingerprint density at radius 1 is 1.39 bits per heavy atom. The highest BCUT2D eigenvalue weighted by Crippen LogP contribution is 2.33. The maximum absolute atomic E-state index is 11.8. The van der Waals surface area contributed by atoms with Crippen molar-refractivity contribution < 1.29 is 14.3 Å². The highest BCUT2D eigenvalue weighted by atomic mass is 16.6. The van der Waals surface area contributed by atoms with Crippen molar-refractivity contribution in [2.24, 2.45) is 0 Å². The van der Waals surface area contributed by atoms with Gasteiger partial charge in [0.2, 0.25) is 0 Å². The van der Waals surface area contributed by atoms with Crippen LogP contribution in [0.3, 0.4) is 0 Å². The van der Waals surface area contributed by atoms with Crippen molar-refractivity contribution in [1.29, 1.82) is 0 Å². The molecule has 1 unspecified atom stereocenters. The topological polar surface area (TPSA) is 38.8 Å². The molecule has 0 aromatic heterocycles. The molecule has 0 N–H and O–H groups in total. The van der Waals surface area contributed by atoms with Gasteiger partial charge in [-0.3, -0.25) is 0 Å². The zero-order chi connectivity index (χ0) is 13.0. The van der Waals surface area contributed by atoms with Gasteiger partial charge in [-0.15, -0.1) is 0 Å². The lowest BCUT2D eigenvalue weighted by Crippen LogP contribution is -2.31. The van der Waals surface area contributed by atoms with Crippen LogP contribution >= 0.6 is 0 Å². The third-order valence-electron chi connectivity index (χ3n) is 3.26. The summed E-state index contributed by atoms with van der Waals surface area (Å²) in [6.07, 6.45) is 1.80.